The molecule has 556 valence electrons. The molecule has 0 aromatic carbocycles. The first kappa shape index (κ1) is 78.5. The maximum Gasteiger partial charge on any atom is 0.312 e. The van der Waals surface area contributed by atoms with E-state index in [2.05, 4.69) is 76.2 Å². The van der Waals surface area contributed by atoms with Crippen molar-refractivity contribution in [3.63, 3.8) is 0 Å². The van der Waals surface area contributed by atoms with E-state index in [1.54, 1.807) is 0 Å². The van der Waals surface area contributed by atoms with E-state index in [9.17, 15) is 24.0 Å². The number of esters is 5. The van der Waals surface area contributed by atoms with Crippen LogP contribution in [0.5, 0.6) is 0 Å². The highest BCUT2D eigenvalue weighted by Gasteiger charge is 2.63. The summed E-state index contributed by atoms with van der Waals surface area (Å²) in [5.41, 5.74) is -2.52. The molecule has 10 heteroatoms. The van der Waals surface area contributed by atoms with Gasteiger partial charge in [-0.1, -0.05) is 86.0 Å². The fraction of sp³-hybridized carbons (Fsp3) is 0.943. The van der Waals surface area contributed by atoms with Crippen LogP contribution in [0.25, 0.3) is 0 Å². The van der Waals surface area contributed by atoms with Crippen LogP contribution < -0.4 is 0 Å². The summed E-state index contributed by atoms with van der Waals surface area (Å²) in [5, 5.41) is 0. The second-order valence-electron chi connectivity index (χ2n) is 40.6. The third-order valence-electron chi connectivity index (χ3n) is 31.4. The highest BCUT2D eigenvalue weighted by atomic mass is 16.6. The van der Waals surface area contributed by atoms with Gasteiger partial charge in [0.15, 0.2) is 0 Å². The van der Waals surface area contributed by atoms with E-state index in [0.29, 0.717) is 23.7 Å². The molecule has 0 aliphatic heterocycles. The third kappa shape index (κ3) is 17.0. The van der Waals surface area contributed by atoms with Gasteiger partial charge < -0.3 is 23.7 Å². The highest BCUT2D eigenvalue weighted by Crippen LogP contribution is 2.66. The number of carbonyl (C=O) groups excluding carboxylic acids is 5. The first-order chi connectivity index (χ1) is 45.1. The van der Waals surface area contributed by atoms with Crippen LogP contribution in [0.3, 0.4) is 0 Å². The first-order valence-corrected chi connectivity index (χ1v) is 41.3. The molecule has 0 spiro atoms. The molecule has 15 rings (SSSR count). The van der Waals surface area contributed by atoms with Gasteiger partial charge in [0.25, 0.3) is 0 Å². The molecule has 97 heavy (non-hydrogen) atoms. The predicted molar refractivity (Wildman–Crippen MR) is 392 cm³/mol. The lowest BCUT2D eigenvalue weighted by atomic mass is 9.46. The zero-order valence-electron chi connectivity index (χ0n) is 66.5. The van der Waals surface area contributed by atoms with Crippen molar-refractivity contribution in [2.75, 3.05) is 0 Å². The Kier molecular flexibility index (Phi) is 24.1. The Labute approximate surface area is 593 Å². The molecule has 11 atom stereocenters. The lowest BCUT2D eigenvalue weighted by Crippen LogP contribution is -2.58. The molecule has 0 heterocycles. The zero-order chi connectivity index (χ0) is 71.3. The molecule has 0 aromatic rings. The van der Waals surface area contributed by atoms with E-state index in [-0.39, 0.29) is 90.3 Å². The van der Waals surface area contributed by atoms with Gasteiger partial charge in [-0.05, 0) is 361 Å². The summed E-state index contributed by atoms with van der Waals surface area (Å²) in [6.07, 6.45) is 43.4. The van der Waals surface area contributed by atoms with Crippen LogP contribution in [0.1, 0.15) is 370 Å². The summed E-state index contributed by atoms with van der Waals surface area (Å²) < 4.78 is 30.3. The standard InChI is InChI=1S/C19H32O2.2C17H28O2.2C17H30O2/c1-6-17(2,3)16(20)21-18(4,5)19-10-13-7-14(11-19)9-15(8-13)12-19;1-5-16(2,3)15(18)19-17(4)13-7-11-6-12(9-13)10-14(17)8-11;1-5-16(2,3)15(18)19-17(4)10-11-9-14(17)13-8-6-7-12(11)13;1-5-16(2,3)15(18)19-17(4)12-8-10-13-9-6-7-11-14(13)17;1-5-16(2,3)15(18)19-17(4)11-10-13-8-6-7-9-14(13)12-17/h13-15H,6-12H2,1-5H3;2*11-14H,5-10H2,1-4H3;2*13-14H,5-12H2,1-4H3. The largest absolute Gasteiger partial charge is 0.459 e. The summed E-state index contributed by atoms with van der Waals surface area (Å²) in [4.78, 5) is 62.2. The van der Waals surface area contributed by atoms with Gasteiger partial charge in [0.2, 0.25) is 0 Å². The first-order valence-electron chi connectivity index (χ1n) is 41.3. The Morgan fingerprint density at radius 3 is 1.26 bits per heavy atom. The number of fused-ring (bicyclic) bond motifs is 7. The van der Waals surface area contributed by atoms with E-state index in [4.69, 9.17) is 23.7 Å². The van der Waals surface area contributed by atoms with Gasteiger partial charge in [-0.25, -0.2) is 0 Å². The van der Waals surface area contributed by atoms with E-state index in [0.717, 1.165) is 123 Å². The van der Waals surface area contributed by atoms with Crippen molar-refractivity contribution >= 4 is 29.8 Å². The predicted octanol–water partition coefficient (Wildman–Crippen LogP) is 22.8. The molecule has 15 saturated carbocycles. The van der Waals surface area contributed by atoms with Crippen LogP contribution in [-0.2, 0) is 47.7 Å². The molecule has 0 saturated heterocycles. The highest BCUT2D eigenvalue weighted by molar-refractivity contribution is 5.78. The van der Waals surface area contributed by atoms with Gasteiger partial charge in [0.1, 0.15) is 28.0 Å². The van der Waals surface area contributed by atoms with Crippen molar-refractivity contribution in [1.29, 1.82) is 0 Å². The second kappa shape index (κ2) is 29.8. The van der Waals surface area contributed by atoms with Crippen LogP contribution in [0.15, 0.2) is 0 Å². The topological polar surface area (TPSA) is 132 Å². The normalized spacial score (nSPS) is 39.7. The molecular weight excluding hydrogens is 1200 g/mol. The van der Waals surface area contributed by atoms with Crippen molar-refractivity contribution < 1.29 is 47.7 Å². The molecule has 15 aliphatic carbocycles. The monoisotopic (exact) mass is 1350 g/mol. The molecule has 0 amide bonds. The Balaban J connectivity index is 0.000000142. The van der Waals surface area contributed by atoms with Crippen molar-refractivity contribution in [3.8, 4) is 0 Å². The Bertz CT molecular complexity index is 2640. The van der Waals surface area contributed by atoms with Crippen molar-refractivity contribution in [1.82, 2.24) is 0 Å². The fourth-order valence-electron chi connectivity index (χ4n) is 22.8. The van der Waals surface area contributed by atoms with Gasteiger partial charge in [0.05, 0.1) is 27.1 Å². The van der Waals surface area contributed by atoms with Gasteiger partial charge in [-0.3, -0.25) is 24.0 Å². The van der Waals surface area contributed by atoms with Crippen molar-refractivity contribution in [2.45, 2.75) is 398 Å². The summed E-state index contributed by atoms with van der Waals surface area (Å²) in [5.74, 6) is 12.2. The summed E-state index contributed by atoms with van der Waals surface area (Å²) in [6, 6.07) is 0. The maximum atomic E-state index is 12.6. The third-order valence-corrected chi connectivity index (χ3v) is 31.4. The average Bonchev–Trinajstić information content (AvgIpc) is 1.64. The Morgan fingerprint density at radius 2 is 0.753 bits per heavy atom. The second-order valence-corrected chi connectivity index (χ2v) is 40.6. The average molecular weight is 1350 g/mol. The van der Waals surface area contributed by atoms with Crippen LogP contribution in [-0.4, -0.2) is 57.9 Å². The summed E-state index contributed by atoms with van der Waals surface area (Å²) in [6.45, 7) is 43.5. The van der Waals surface area contributed by atoms with Crippen LogP contribution in [0.2, 0.25) is 0 Å². The molecule has 15 fully saturated rings. The summed E-state index contributed by atoms with van der Waals surface area (Å²) >= 11 is 0. The number of carbonyl (C=O) groups is 5. The molecule has 11 unspecified atom stereocenters. The maximum absolute atomic E-state index is 12.6. The lowest BCUT2D eigenvalue weighted by molar-refractivity contribution is -0.211. The van der Waals surface area contributed by atoms with Crippen molar-refractivity contribution in [3.05, 3.63) is 0 Å². The van der Waals surface area contributed by atoms with Crippen molar-refractivity contribution in [2.24, 2.45) is 121 Å². The van der Waals surface area contributed by atoms with Crippen LogP contribution in [0.4, 0.5) is 0 Å². The summed E-state index contributed by atoms with van der Waals surface area (Å²) in [7, 11) is 0. The van der Waals surface area contributed by atoms with Gasteiger partial charge in [-0.15, -0.1) is 0 Å². The number of hydrogen-bond acceptors (Lipinski definition) is 10. The molecule has 15 aliphatic rings. The van der Waals surface area contributed by atoms with E-state index in [1.807, 2.05) is 69.2 Å². The molecule has 0 N–H and O–H groups in total. The minimum Gasteiger partial charge on any atom is -0.459 e. The minimum atomic E-state index is -0.362. The number of rotatable bonds is 16. The van der Waals surface area contributed by atoms with E-state index < -0.39 is 0 Å². The van der Waals surface area contributed by atoms with Gasteiger partial charge in [0, 0.05) is 17.3 Å². The van der Waals surface area contributed by atoms with E-state index in [1.165, 1.54) is 167 Å². The van der Waals surface area contributed by atoms with Crippen LogP contribution in [0, 0.1) is 121 Å². The molecule has 0 radical (unpaired) electrons. The molecule has 0 aromatic heterocycles. The SMILES string of the molecule is CCC(C)(C)C(=O)OC(C)(C)C12CC3CC(CC(C3)C1)C2.CCC(C)(C)C(=O)OC1(C)C2CC3CC(C2)CC1C3.CCC(C)(C)C(=O)OC1(C)CC2CC1C1CCCC21.CCC(C)(C)C(=O)OC1(C)CCC2CCCCC2C1.CCC(C)(C)C(=O)OC1(C)CCCC2CCCCC21. The number of hydrogen-bond donors (Lipinski definition) is 0. The zero-order valence-corrected chi connectivity index (χ0v) is 66.5. The quantitative estimate of drug-likeness (QED) is 0.109. The molecular formula is C87H148O10. The Morgan fingerprint density at radius 1 is 0.340 bits per heavy atom. The fourth-order valence-corrected chi connectivity index (χ4v) is 22.8. The molecule has 10 nitrogen and oxygen atoms in total. The smallest absolute Gasteiger partial charge is 0.312 e. The van der Waals surface area contributed by atoms with E-state index >= 15 is 0 Å². The van der Waals surface area contributed by atoms with Gasteiger partial charge in [-0.2, -0.15) is 0 Å². The molecule has 10 bridgehead atoms. The minimum absolute atomic E-state index is 0.00345. The Hall–Kier alpha value is -2.65. The lowest BCUT2D eigenvalue weighted by Gasteiger charge is -2.61. The number of ether oxygens (including phenoxy) is 5. The van der Waals surface area contributed by atoms with Crippen LogP contribution >= 0.6 is 0 Å². The van der Waals surface area contributed by atoms with Gasteiger partial charge >= 0.3 is 29.8 Å².